The molecule has 0 fully saturated rings. The van der Waals surface area contributed by atoms with Gasteiger partial charge in [-0.1, -0.05) is 0 Å². The van der Waals surface area contributed by atoms with Crippen LogP contribution in [-0.4, -0.2) is 20.6 Å². The molecule has 16 heavy (non-hydrogen) atoms. The van der Waals surface area contributed by atoms with Crippen molar-refractivity contribution in [3.8, 4) is 11.3 Å². The van der Waals surface area contributed by atoms with Crippen LogP contribution >= 0.6 is 0 Å². The normalized spacial score (nSPS) is 10.3. The van der Waals surface area contributed by atoms with Crippen molar-refractivity contribution < 1.29 is 0 Å². The molecule has 0 aliphatic rings. The van der Waals surface area contributed by atoms with Gasteiger partial charge in [-0.3, -0.25) is 15.1 Å². The zero-order chi connectivity index (χ0) is 11.5. The predicted octanol–water partition coefficient (Wildman–Crippen LogP) is 1.19. The van der Waals surface area contributed by atoms with Gasteiger partial charge in [-0.05, 0) is 25.1 Å². The molecule has 0 unspecified atom stereocenters. The Kier molecular flexibility index (Phi) is 2.68. The van der Waals surface area contributed by atoms with Crippen LogP contribution in [0.25, 0.3) is 11.3 Å². The van der Waals surface area contributed by atoms with E-state index >= 15 is 0 Å². The van der Waals surface area contributed by atoms with Crippen molar-refractivity contribution in [2.45, 2.75) is 13.5 Å². The lowest BCUT2D eigenvalue weighted by Crippen LogP contribution is -2.19. The molecule has 0 amide bonds. The second-order valence-corrected chi connectivity index (χ2v) is 3.59. The number of aromatic nitrogens is 3. The van der Waals surface area contributed by atoms with Crippen molar-refractivity contribution in [3.63, 3.8) is 0 Å². The molecule has 0 bridgehead atoms. The summed E-state index contributed by atoms with van der Waals surface area (Å²) in [6.07, 6.45) is 3.46. The Bertz CT molecular complexity index is 500. The topological polar surface area (TPSA) is 80.6 Å². The number of rotatable bonds is 3. The van der Waals surface area contributed by atoms with Crippen LogP contribution in [0, 0.1) is 12.3 Å². The van der Waals surface area contributed by atoms with Crippen molar-refractivity contribution in [3.05, 3.63) is 36.3 Å². The van der Waals surface area contributed by atoms with Crippen LogP contribution in [0.3, 0.4) is 0 Å². The highest BCUT2D eigenvalue weighted by Gasteiger charge is 2.06. The maximum absolute atomic E-state index is 7.25. The molecule has 2 rings (SSSR count). The van der Waals surface area contributed by atoms with Gasteiger partial charge in [0.1, 0.15) is 5.84 Å². The Morgan fingerprint density at radius 3 is 2.75 bits per heavy atom. The fraction of sp³-hybridized carbons (Fsp3) is 0.182. The number of nitrogens with two attached hydrogens (primary N) is 1. The summed E-state index contributed by atoms with van der Waals surface area (Å²) in [5.41, 5.74) is 8.23. The SMILES string of the molecule is Cc1cc(-c2ccncc2)nn1CC(=N)N. The van der Waals surface area contributed by atoms with Crippen LogP contribution in [0.1, 0.15) is 5.69 Å². The summed E-state index contributed by atoms with van der Waals surface area (Å²) in [6, 6.07) is 5.78. The van der Waals surface area contributed by atoms with E-state index < -0.39 is 0 Å². The van der Waals surface area contributed by atoms with Gasteiger partial charge in [-0.25, -0.2) is 0 Å². The number of nitrogens with one attached hydrogen (secondary N) is 1. The van der Waals surface area contributed by atoms with E-state index in [4.69, 9.17) is 11.1 Å². The number of hydrogen-bond acceptors (Lipinski definition) is 3. The first-order valence-electron chi connectivity index (χ1n) is 4.94. The second-order valence-electron chi connectivity index (χ2n) is 3.59. The quantitative estimate of drug-likeness (QED) is 0.596. The lowest BCUT2D eigenvalue weighted by Gasteiger charge is -2.01. The van der Waals surface area contributed by atoms with E-state index in [2.05, 4.69) is 10.1 Å². The van der Waals surface area contributed by atoms with E-state index in [0.29, 0.717) is 6.54 Å². The molecule has 0 aliphatic heterocycles. The zero-order valence-electron chi connectivity index (χ0n) is 9.01. The Balaban J connectivity index is 2.34. The first-order valence-corrected chi connectivity index (χ1v) is 4.94. The first-order chi connectivity index (χ1) is 7.66. The van der Waals surface area contributed by atoms with Crippen LogP contribution < -0.4 is 5.73 Å². The number of hydrogen-bond donors (Lipinski definition) is 2. The minimum Gasteiger partial charge on any atom is -0.386 e. The summed E-state index contributed by atoms with van der Waals surface area (Å²) in [5.74, 6) is 0.104. The third-order valence-corrected chi connectivity index (χ3v) is 2.28. The van der Waals surface area contributed by atoms with E-state index in [0.717, 1.165) is 17.0 Å². The number of aryl methyl sites for hydroxylation is 1. The van der Waals surface area contributed by atoms with Gasteiger partial charge in [0.05, 0.1) is 12.2 Å². The lowest BCUT2D eigenvalue weighted by atomic mass is 10.2. The number of amidine groups is 1. The molecule has 0 aromatic carbocycles. The molecule has 0 radical (unpaired) electrons. The third-order valence-electron chi connectivity index (χ3n) is 2.28. The molecular weight excluding hydrogens is 202 g/mol. The fourth-order valence-corrected chi connectivity index (χ4v) is 1.50. The van der Waals surface area contributed by atoms with E-state index in [1.807, 2.05) is 25.1 Å². The molecule has 0 atom stereocenters. The highest BCUT2D eigenvalue weighted by molar-refractivity contribution is 5.76. The molecule has 2 aromatic heterocycles. The van der Waals surface area contributed by atoms with E-state index in [-0.39, 0.29) is 5.84 Å². The lowest BCUT2D eigenvalue weighted by molar-refractivity contribution is 0.696. The van der Waals surface area contributed by atoms with Gasteiger partial charge >= 0.3 is 0 Å². The maximum atomic E-state index is 7.25. The van der Waals surface area contributed by atoms with Crippen molar-refractivity contribution >= 4 is 5.84 Å². The second kappa shape index (κ2) is 4.14. The molecular formula is C11H13N5. The number of pyridine rings is 1. The Morgan fingerprint density at radius 2 is 2.12 bits per heavy atom. The largest absolute Gasteiger partial charge is 0.386 e. The molecule has 3 N–H and O–H groups in total. The molecule has 0 spiro atoms. The maximum Gasteiger partial charge on any atom is 0.113 e. The van der Waals surface area contributed by atoms with E-state index in [1.54, 1.807) is 17.1 Å². The molecule has 82 valence electrons. The summed E-state index contributed by atoms with van der Waals surface area (Å²) in [4.78, 5) is 3.96. The van der Waals surface area contributed by atoms with Crippen molar-refractivity contribution in [2.75, 3.05) is 0 Å². The van der Waals surface area contributed by atoms with Crippen LogP contribution in [0.5, 0.6) is 0 Å². The van der Waals surface area contributed by atoms with E-state index in [1.165, 1.54) is 0 Å². The van der Waals surface area contributed by atoms with Gasteiger partial charge in [-0.15, -0.1) is 0 Å². The van der Waals surface area contributed by atoms with Gasteiger partial charge in [0.25, 0.3) is 0 Å². The standard InChI is InChI=1S/C11H13N5/c1-8-6-10(9-2-4-14-5-3-9)15-16(8)7-11(12)13/h2-6H,7H2,1H3,(H3,12,13). The molecule has 5 nitrogen and oxygen atoms in total. The Labute approximate surface area is 93.4 Å². The average molecular weight is 215 g/mol. The Hall–Kier alpha value is -2.17. The van der Waals surface area contributed by atoms with Crippen LogP contribution in [0.15, 0.2) is 30.6 Å². The van der Waals surface area contributed by atoms with Crippen LogP contribution in [-0.2, 0) is 6.54 Å². The van der Waals surface area contributed by atoms with Crippen LogP contribution in [0.4, 0.5) is 0 Å². The monoisotopic (exact) mass is 215 g/mol. The summed E-state index contributed by atoms with van der Waals surface area (Å²) in [5, 5.41) is 11.6. The van der Waals surface area contributed by atoms with Gasteiger partial charge in [0, 0.05) is 23.7 Å². The summed E-state index contributed by atoms with van der Waals surface area (Å²) in [6.45, 7) is 2.28. The smallest absolute Gasteiger partial charge is 0.113 e. The van der Waals surface area contributed by atoms with Crippen molar-refractivity contribution in [1.29, 1.82) is 5.41 Å². The zero-order valence-corrected chi connectivity index (χ0v) is 9.01. The summed E-state index contributed by atoms with van der Waals surface area (Å²) < 4.78 is 1.72. The molecule has 0 saturated heterocycles. The summed E-state index contributed by atoms with van der Waals surface area (Å²) >= 11 is 0. The predicted molar refractivity (Wildman–Crippen MR) is 62.1 cm³/mol. The molecule has 2 heterocycles. The molecule has 2 aromatic rings. The van der Waals surface area contributed by atoms with Gasteiger partial charge < -0.3 is 5.73 Å². The van der Waals surface area contributed by atoms with Crippen molar-refractivity contribution in [1.82, 2.24) is 14.8 Å². The average Bonchev–Trinajstić information content (AvgIpc) is 2.61. The first kappa shape index (κ1) is 10.4. The van der Waals surface area contributed by atoms with Gasteiger partial charge in [0.2, 0.25) is 0 Å². The fourth-order valence-electron chi connectivity index (χ4n) is 1.50. The Morgan fingerprint density at radius 1 is 1.44 bits per heavy atom. The molecule has 5 heteroatoms. The highest BCUT2D eigenvalue weighted by Crippen LogP contribution is 2.17. The highest BCUT2D eigenvalue weighted by atomic mass is 15.3. The van der Waals surface area contributed by atoms with Crippen LogP contribution in [0.2, 0.25) is 0 Å². The minimum atomic E-state index is 0.104. The molecule has 0 saturated carbocycles. The van der Waals surface area contributed by atoms with E-state index in [9.17, 15) is 0 Å². The number of nitrogens with zero attached hydrogens (tertiary/aromatic N) is 3. The summed E-state index contributed by atoms with van der Waals surface area (Å²) in [7, 11) is 0. The van der Waals surface area contributed by atoms with Crippen molar-refractivity contribution in [2.24, 2.45) is 5.73 Å². The molecule has 0 aliphatic carbocycles. The minimum absolute atomic E-state index is 0.104. The van der Waals surface area contributed by atoms with Gasteiger partial charge in [0.15, 0.2) is 0 Å². The third kappa shape index (κ3) is 2.08. The van der Waals surface area contributed by atoms with Gasteiger partial charge in [-0.2, -0.15) is 5.10 Å².